The second kappa shape index (κ2) is 4.34. The third-order valence-corrected chi connectivity index (χ3v) is 2.95. The number of anilines is 1. The van der Waals surface area contributed by atoms with Gasteiger partial charge >= 0.3 is 6.18 Å². The Hall–Kier alpha value is -1.01. The van der Waals surface area contributed by atoms with Gasteiger partial charge in [-0.3, -0.25) is 0 Å². The van der Waals surface area contributed by atoms with Crippen molar-refractivity contribution in [2.75, 3.05) is 18.0 Å². The van der Waals surface area contributed by atoms with Crippen LogP contribution in [-0.4, -0.2) is 24.1 Å². The predicted octanol–water partition coefficient (Wildman–Crippen LogP) is 2.29. The fourth-order valence-electron chi connectivity index (χ4n) is 1.80. The molecule has 1 aromatic heterocycles. The van der Waals surface area contributed by atoms with E-state index in [0.717, 1.165) is 18.7 Å². The molecule has 0 radical (unpaired) electrons. The molecule has 1 atom stereocenters. The maximum Gasteiger partial charge on any atom is 0.417 e. The quantitative estimate of drug-likeness (QED) is 0.847. The summed E-state index contributed by atoms with van der Waals surface area (Å²) in [4.78, 5) is 5.58. The molecule has 0 aliphatic carbocycles. The van der Waals surface area contributed by atoms with Gasteiger partial charge in [0.1, 0.15) is 5.82 Å². The zero-order valence-corrected chi connectivity index (χ0v) is 9.59. The van der Waals surface area contributed by atoms with Crippen LogP contribution in [0.15, 0.2) is 12.3 Å². The Morgan fingerprint density at radius 3 is 2.65 bits per heavy atom. The molecule has 7 heteroatoms. The van der Waals surface area contributed by atoms with Crippen LogP contribution in [0.1, 0.15) is 12.0 Å². The molecular weight excluding hydrogens is 255 g/mol. The Bertz CT molecular complexity index is 422. The van der Waals surface area contributed by atoms with Crippen LogP contribution in [0.5, 0.6) is 0 Å². The molecule has 1 saturated heterocycles. The maximum absolute atomic E-state index is 12.4. The summed E-state index contributed by atoms with van der Waals surface area (Å²) in [6.45, 7) is 1.23. The van der Waals surface area contributed by atoms with Gasteiger partial charge in [0.25, 0.3) is 0 Å². The smallest absolute Gasteiger partial charge is 0.354 e. The average Bonchev–Trinajstić information content (AvgIpc) is 2.63. The summed E-state index contributed by atoms with van der Waals surface area (Å²) in [5, 5.41) is 0.00826. The molecule has 0 amide bonds. The van der Waals surface area contributed by atoms with Crippen molar-refractivity contribution in [1.82, 2.24) is 4.98 Å². The summed E-state index contributed by atoms with van der Waals surface area (Å²) in [5.41, 5.74) is 4.88. The van der Waals surface area contributed by atoms with Gasteiger partial charge in [-0.1, -0.05) is 11.6 Å². The summed E-state index contributed by atoms with van der Waals surface area (Å²) >= 11 is 5.82. The molecule has 94 valence electrons. The van der Waals surface area contributed by atoms with Crippen LogP contribution in [0.2, 0.25) is 5.02 Å². The zero-order valence-electron chi connectivity index (χ0n) is 8.84. The number of nitrogens with zero attached hydrogens (tertiary/aromatic N) is 2. The Morgan fingerprint density at radius 1 is 1.47 bits per heavy atom. The van der Waals surface area contributed by atoms with Gasteiger partial charge < -0.3 is 10.6 Å². The third-order valence-electron chi connectivity index (χ3n) is 2.67. The van der Waals surface area contributed by atoms with Gasteiger partial charge in [0.15, 0.2) is 0 Å². The van der Waals surface area contributed by atoms with Crippen molar-refractivity contribution >= 4 is 17.4 Å². The van der Waals surface area contributed by atoms with Crippen LogP contribution >= 0.6 is 11.6 Å². The van der Waals surface area contributed by atoms with Crippen LogP contribution in [0.3, 0.4) is 0 Å². The molecule has 1 aliphatic heterocycles. The minimum Gasteiger partial charge on any atom is -0.354 e. The minimum atomic E-state index is -4.42. The van der Waals surface area contributed by atoms with Crippen molar-refractivity contribution in [2.45, 2.75) is 18.6 Å². The molecule has 2 N–H and O–H groups in total. The van der Waals surface area contributed by atoms with Gasteiger partial charge in [-0.25, -0.2) is 4.98 Å². The normalized spacial score (nSPS) is 21.0. The highest BCUT2D eigenvalue weighted by atomic mass is 35.5. The Morgan fingerprint density at radius 2 is 2.18 bits per heavy atom. The fraction of sp³-hybridized carbons (Fsp3) is 0.500. The van der Waals surface area contributed by atoms with E-state index < -0.39 is 11.7 Å². The number of alkyl halides is 3. The largest absolute Gasteiger partial charge is 0.417 e. The van der Waals surface area contributed by atoms with E-state index in [-0.39, 0.29) is 11.1 Å². The van der Waals surface area contributed by atoms with Gasteiger partial charge in [0, 0.05) is 25.3 Å². The fourth-order valence-corrected chi connectivity index (χ4v) is 2.08. The Kier molecular flexibility index (Phi) is 3.18. The molecule has 0 saturated carbocycles. The van der Waals surface area contributed by atoms with Crippen molar-refractivity contribution in [3.63, 3.8) is 0 Å². The van der Waals surface area contributed by atoms with Gasteiger partial charge in [0.2, 0.25) is 0 Å². The third kappa shape index (κ3) is 2.63. The predicted molar refractivity (Wildman–Crippen MR) is 59.1 cm³/mol. The molecule has 0 unspecified atom stereocenters. The van der Waals surface area contributed by atoms with E-state index in [1.54, 1.807) is 4.90 Å². The van der Waals surface area contributed by atoms with Crippen molar-refractivity contribution in [3.05, 3.63) is 22.8 Å². The lowest BCUT2D eigenvalue weighted by molar-refractivity contribution is -0.137. The first-order valence-corrected chi connectivity index (χ1v) is 5.49. The van der Waals surface area contributed by atoms with Crippen LogP contribution in [0, 0.1) is 0 Å². The molecule has 1 fully saturated rings. The Balaban J connectivity index is 2.26. The molecule has 1 aliphatic rings. The SMILES string of the molecule is N[C@@H]1CCN(c2ncc(C(F)(F)F)cc2Cl)C1. The molecule has 17 heavy (non-hydrogen) atoms. The van der Waals surface area contributed by atoms with Crippen LogP contribution in [-0.2, 0) is 6.18 Å². The van der Waals surface area contributed by atoms with E-state index in [1.807, 2.05) is 0 Å². The summed E-state index contributed by atoms with van der Waals surface area (Å²) in [7, 11) is 0. The first-order valence-electron chi connectivity index (χ1n) is 5.11. The second-order valence-electron chi connectivity index (χ2n) is 4.02. The molecule has 3 nitrogen and oxygen atoms in total. The van der Waals surface area contributed by atoms with E-state index in [2.05, 4.69) is 4.98 Å². The first kappa shape index (κ1) is 12.4. The highest BCUT2D eigenvalue weighted by Gasteiger charge is 2.32. The standard InChI is InChI=1S/C10H11ClF3N3/c11-8-3-6(10(12,13)14)4-16-9(8)17-2-1-7(15)5-17/h3-4,7H,1-2,5,15H2/t7-/m1/s1. The number of aromatic nitrogens is 1. The minimum absolute atomic E-state index is 0.00826. The van der Waals surface area contributed by atoms with Crippen molar-refractivity contribution in [2.24, 2.45) is 5.73 Å². The van der Waals surface area contributed by atoms with Gasteiger partial charge in [0.05, 0.1) is 10.6 Å². The molecule has 0 bridgehead atoms. The van der Waals surface area contributed by atoms with E-state index in [1.165, 1.54) is 0 Å². The molecule has 0 aromatic carbocycles. The summed E-state index contributed by atoms with van der Waals surface area (Å²) in [6.07, 6.45) is -2.83. The lowest BCUT2D eigenvalue weighted by Crippen LogP contribution is -2.27. The zero-order chi connectivity index (χ0) is 12.6. The maximum atomic E-state index is 12.4. The van der Waals surface area contributed by atoms with Crippen LogP contribution in [0.4, 0.5) is 19.0 Å². The monoisotopic (exact) mass is 265 g/mol. The van der Waals surface area contributed by atoms with Gasteiger partial charge in [-0.2, -0.15) is 13.2 Å². The van der Waals surface area contributed by atoms with Crippen LogP contribution in [0.25, 0.3) is 0 Å². The summed E-state index contributed by atoms with van der Waals surface area (Å²) in [5.74, 6) is 0.368. The van der Waals surface area contributed by atoms with Crippen molar-refractivity contribution in [1.29, 1.82) is 0 Å². The van der Waals surface area contributed by atoms with Gasteiger partial charge in [-0.15, -0.1) is 0 Å². The number of pyridine rings is 1. The van der Waals surface area contributed by atoms with E-state index >= 15 is 0 Å². The topological polar surface area (TPSA) is 42.1 Å². The Labute approximate surface area is 101 Å². The highest BCUT2D eigenvalue weighted by molar-refractivity contribution is 6.33. The van der Waals surface area contributed by atoms with E-state index in [0.29, 0.717) is 18.9 Å². The highest BCUT2D eigenvalue weighted by Crippen LogP contribution is 2.34. The molecule has 2 rings (SSSR count). The molecule has 2 heterocycles. The summed E-state index contributed by atoms with van der Waals surface area (Å²) < 4.78 is 37.2. The van der Waals surface area contributed by atoms with E-state index in [9.17, 15) is 13.2 Å². The lowest BCUT2D eigenvalue weighted by Gasteiger charge is -2.19. The average molecular weight is 266 g/mol. The molecule has 0 spiro atoms. The van der Waals surface area contributed by atoms with Gasteiger partial charge in [-0.05, 0) is 12.5 Å². The number of hydrogen-bond donors (Lipinski definition) is 1. The number of halogens is 4. The first-order chi connectivity index (χ1) is 7.88. The second-order valence-corrected chi connectivity index (χ2v) is 4.43. The van der Waals surface area contributed by atoms with E-state index in [4.69, 9.17) is 17.3 Å². The van der Waals surface area contributed by atoms with Crippen LogP contribution < -0.4 is 10.6 Å². The summed E-state index contributed by atoms with van der Waals surface area (Å²) in [6, 6.07) is 0.920. The lowest BCUT2D eigenvalue weighted by atomic mass is 10.2. The molecular formula is C10H11ClF3N3. The van der Waals surface area contributed by atoms with Crippen molar-refractivity contribution in [3.8, 4) is 0 Å². The molecule has 1 aromatic rings. The number of nitrogens with two attached hydrogens (primary N) is 1. The van der Waals surface area contributed by atoms with Crippen molar-refractivity contribution < 1.29 is 13.2 Å². The number of hydrogen-bond acceptors (Lipinski definition) is 3. The number of rotatable bonds is 1.